The maximum absolute atomic E-state index is 12.8. The molecule has 1 amide bonds. The smallest absolute Gasteiger partial charge is 0.225 e. The lowest BCUT2D eigenvalue weighted by molar-refractivity contribution is -0.136. The van der Waals surface area contributed by atoms with Gasteiger partial charge in [0.15, 0.2) is 0 Å². The summed E-state index contributed by atoms with van der Waals surface area (Å²) in [5.74, 6) is 0.781. The fraction of sp³-hybridized carbons (Fsp3) is 0.900. The Morgan fingerprint density at radius 1 is 0.875 bits per heavy atom. The van der Waals surface area contributed by atoms with E-state index in [0.717, 1.165) is 38.6 Å². The van der Waals surface area contributed by atoms with E-state index in [1.165, 1.54) is 0 Å². The molecular weight excluding hydrogens is 300 g/mol. The van der Waals surface area contributed by atoms with Crippen LogP contribution in [0, 0.1) is 17.3 Å². The molecule has 1 aliphatic carbocycles. The van der Waals surface area contributed by atoms with Crippen molar-refractivity contribution in [2.75, 3.05) is 13.1 Å². The zero-order chi connectivity index (χ0) is 18.1. The molecule has 2 aliphatic rings. The molecule has 0 radical (unpaired) electrons. The fourth-order valence-corrected chi connectivity index (χ4v) is 4.14. The number of nitrogens with zero attached hydrogens (tertiary/aromatic N) is 1. The third-order valence-corrected chi connectivity index (χ3v) is 5.32. The summed E-state index contributed by atoms with van der Waals surface area (Å²) < 4.78 is 0. The predicted octanol–water partition coefficient (Wildman–Crippen LogP) is 3.40. The van der Waals surface area contributed by atoms with Crippen molar-refractivity contribution >= 4 is 11.7 Å². The molecule has 0 aromatic heterocycles. The van der Waals surface area contributed by atoms with Crippen molar-refractivity contribution in [2.24, 2.45) is 17.3 Å². The van der Waals surface area contributed by atoms with Crippen LogP contribution < -0.4 is 5.32 Å². The standard InChI is InChI=1S/C20H36N2O2/c1-19(2,3)17(23)15-11-12-22(13-15)18(24)14-7-9-16(10-8-14)21-20(4,5)6/h14-16,21H,7-13H2,1-6H3/t14?,15-,16?/m0/s1. The van der Waals surface area contributed by atoms with Gasteiger partial charge in [-0.25, -0.2) is 0 Å². The summed E-state index contributed by atoms with van der Waals surface area (Å²) >= 11 is 0. The molecule has 4 heteroatoms. The van der Waals surface area contributed by atoms with Crippen molar-refractivity contribution in [3.63, 3.8) is 0 Å². The van der Waals surface area contributed by atoms with E-state index in [1.54, 1.807) is 0 Å². The first-order valence-electron chi connectivity index (χ1n) is 9.58. The van der Waals surface area contributed by atoms with Gasteiger partial charge in [0.2, 0.25) is 5.91 Å². The van der Waals surface area contributed by atoms with Crippen molar-refractivity contribution in [3.8, 4) is 0 Å². The van der Waals surface area contributed by atoms with E-state index in [0.29, 0.717) is 18.4 Å². The molecule has 138 valence electrons. The molecule has 0 bridgehead atoms. The molecule has 2 rings (SSSR count). The van der Waals surface area contributed by atoms with Gasteiger partial charge in [0.1, 0.15) is 5.78 Å². The Labute approximate surface area is 147 Å². The van der Waals surface area contributed by atoms with Crippen LogP contribution in [0.5, 0.6) is 0 Å². The van der Waals surface area contributed by atoms with Gasteiger partial charge in [-0.3, -0.25) is 9.59 Å². The first kappa shape index (κ1) is 19.4. The Balaban J connectivity index is 1.83. The van der Waals surface area contributed by atoms with E-state index in [4.69, 9.17) is 0 Å². The van der Waals surface area contributed by atoms with E-state index in [1.807, 2.05) is 25.7 Å². The molecule has 1 heterocycles. The highest BCUT2D eigenvalue weighted by atomic mass is 16.2. The normalized spacial score (nSPS) is 28.9. The lowest BCUT2D eigenvalue weighted by Gasteiger charge is -2.35. The third-order valence-electron chi connectivity index (χ3n) is 5.32. The average molecular weight is 337 g/mol. The second-order valence-electron chi connectivity index (χ2n) is 9.83. The van der Waals surface area contributed by atoms with E-state index in [-0.39, 0.29) is 28.7 Å². The Morgan fingerprint density at radius 3 is 1.96 bits per heavy atom. The van der Waals surface area contributed by atoms with Gasteiger partial charge >= 0.3 is 0 Å². The first-order valence-corrected chi connectivity index (χ1v) is 9.58. The summed E-state index contributed by atoms with van der Waals surface area (Å²) in [5.41, 5.74) is -0.169. The Hall–Kier alpha value is -0.900. The predicted molar refractivity (Wildman–Crippen MR) is 97.8 cm³/mol. The monoisotopic (exact) mass is 336 g/mol. The number of Topliss-reactive ketones (excluding diaryl/α,β-unsaturated/α-hetero) is 1. The van der Waals surface area contributed by atoms with E-state index < -0.39 is 0 Å². The van der Waals surface area contributed by atoms with Gasteiger partial charge in [-0.1, -0.05) is 20.8 Å². The molecule has 0 aromatic carbocycles. The molecule has 24 heavy (non-hydrogen) atoms. The number of amides is 1. The molecule has 1 N–H and O–H groups in total. The molecular formula is C20H36N2O2. The van der Waals surface area contributed by atoms with Crippen molar-refractivity contribution < 1.29 is 9.59 Å². The molecule has 0 unspecified atom stereocenters. The third kappa shape index (κ3) is 5.05. The number of rotatable bonds is 3. The summed E-state index contributed by atoms with van der Waals surface area (Å²) in [6, 6.07) is 0.530. The zero-order valence-corrected chi connectivity index (χ0v) is 16.4. The van der Waals surface area contributed by atoms with Gasteiger partial charge < -0.3 is 10.2 Å². The minimum Gasteiger partial charge on any atom is -0.342 e. The van der Waals surface area contributed by atoms with Gasteiger partial charge in [0.05, 0.1) is 0 Å². The van der Waals surface area contributed by atoms with Crippen molar-refractivity contribution in [1.82, 2.24) is 10.2 Å². The highest BCUT2D eigenvalue weighted by Crippen LogP contribution is 2.31. The van der Waals surface area contributed by atoms with Crippen molar-refractivity contribution in [1.29, 1.82) is 0 Å². The van der Waals surface area contributed by atoms with Crippen LogP contribution in [-0.2, 0) is 9.59 Å². The second kappa shape index (κ2) is 7.15. The van der Waals surface area contributed by atoms with Crippen LogP contribution in [0.4, 0.5) is 0 Å². The molecule has 1 aliphatic heterocycles. The number of carbonyl (C=O) groups is 2. The van der Waals surface area contributed by atoms with Gasteiger partial charge in [-0.2, -0.15) is 0 Å². The fourth-order valence-electron chi connectivity index (χ4n) is 4.14. The van der Waals surface area contributed by atoms with Crippen LogP contribution in [0.2, 0.25) is 0 Å². The van der Waals surface area contributed by atoms with Gasteiger partial charge in [-0.05, 0) is 52.9 Å². The summed E-state index contributed by atoms with van der Waals surface area (Å²) in [6.45, 7) is 13.9. The van der Waals surface area contributed by atoms with Crippen LogP contribution in [0.1, 0.15) is 73.6 Å². The molecule has 0 aromatic rings. The van der Waals surface area contributed by atoms with Crippen molar-refractivity contribution in [3.05, 3.63) is 0 Å². The Kier molecular flexibility index (Phi) is 5.79. The summed E-state index contributed by atoms with van der Waals surface area (Å²) in [4.78, 5) is 27.2. The largest absolute Gasteiger partial charge is 0.342 e. The first-order chi connectivity index (χ1) is 11.0. The van der Waals surface area contributed by atoms with Crippen LogP contribution in [-0.4, -0.2) is 41.3 Å². The molecule has 1 saturated heterocycles. The zero-order valence-electron chi connectivity index (χ0n) is 16.4. The molecule has 1 atom stereocenters. The summed E-state index contributed by atoms with van der Waals surface area (Å²) in [6.07, 6.45) is 4.93. The maximum Gasteiger partial charge on any atom is 0.225 e. The van der Waals surface area contributed by atoms with E-state index >= 15 is 0 Å². The topological polar surface area (TPSA) is 49.4 Å². The minimum atomic E-state index is -0.305. The molecule has 2 fully saturated rings. The second-order valence-corrected chi connectivity index (χ2v) is 9.83. The number of nitrogens with one attached hydrogen (secondary N) is 1. The van der Waals surface area contributed by atoms with Crippen molar-refractivity contribution in [2.45, 2.75) is 85.2 Å². The molecule has 1 saturated carbocycles. The van der Waals surface area contributed by atoms with E-state index in [2.05, 4.69) is 26.1 Å². The average Bonchev–Trinajstić information content (AvgIpc) is 2.93. The lowest BCUT2D eigenvalue weighted by Crippen LogP contribution is -2.46. The van der Waals surface area contributed by atoms with Gasteiger partial charge in [-0.15, -0.1) is 0 Å². The lowest BCUT2D eigenvalue weighted by atomic mass is 9.82. The van der Waals surface area contributed by atoms with Gasteiger partial charge in [0.25, 0.3) is 0 Å². The highest BCUT2D eigenvalue weighted by molar-refractivity contribution is 5.88. The number of carbonyl (C=O) groups excluding carboxylic acids is 2. The highest BCUT2D eigenvalue weighted by Gasteiger charge is 2.38. The summed E-state index contributed by atoms with van der Waals surface area (Å²) in [7, 11) is 0. The quantitative estimate of drug-likeness (QED) is 0.859. The minimum absolute atomic E-state index is 0.0350. The molecule has 0 spiro atoms. The molecule has 4 nitrogen and oxygen atoms in total. The number of likely N-dealkylation sites (tertiary alicyclic amines) is 1. The SMILES string of the molecule is CC(C)(C)NC1CCC(C(=O)N2CC[C@H](C(=O)C(C)(C)C)C2)CC1. The van der Waals surface area contributed by atoms with Crippen LogP contribution in [0.15, 0.2) is 0 Å². The Bertz CT molecular complexity index is 465. The van der Waals surface area contributed by atoms with E-state index in [9.17, 15) is 9.59 Å². The van der Waals surface area contributed by atoms with Crippen LogP contribution in [0.25, 0.3) is 0 Å². The number of ketones is 1. The van der Waals surface area contributed by atoms with Crippen LogP contribution in [0.3, 0.4) is 0 Å². The number of hydrogen-bond acceptors (Lipinski definition) is 3. The summed E-state index contributed by atoms with van der Waals surface area (Å²) in [5, 5.41) is 3.66. The number of hydrogen-bond donors (Lipinski definition) is 1. The maximum atomic E-state index is 12.8. The van der Waals surface area contributed by atoms with Crippen LogP contribution >= 0.6 is 0 Å². The van der Waals surface area contributed by atoms with Gasteiger partial charge in [0, 0.05) is 41.9 Å². The Morgan fingerprint density at radius 2 is 1.46 bits per heavy atom.